The van der Waals surface area contributed by atoms with Crippen LogP contribution in [-0.4, -0.2) is 12.4 Å². The second-order valence-corrected chi connectivity index (χ2v) is 2.58. The highest BCUT2D eigenvalue weighted by Gasteiger charge is 2.52. The standard InChI is InChI=1S/C4Cl2F6/c5-2(6)1(3(7,8)9)4(10,11)12. The molecule has 0 N–H and O–H groups in total. The van der Waals surface area contributed by atoms with E-state index in [1.54, 1.807) is 0 Å². The van der Waals surface area contributed by atoms with Gasteiger partial charge in [0.15, 0.2) is 5.57 Å². The van der Waals surface area contributed by atoms with Crippen LogP contribution in [0.15, 0.2) is 10.1 Å². The molecule has 72 valence electrons. The molecule has 0 amide bonds. The molecule has 0 saturated carbocycles. The number of allylic oxidation sites excluding steroid dienone is 1. The minimum absolute atomic E-state index is 1.84. The molecule has 0 aliphatic heterocycles. The van der Waals surface area contributed by atoms with Crippen molar-refractivity contribution >= 4 is 23.2 Å². The topological polar surface area (TPSA) is 0 Å². The van der Waals surface area contributed by atoms with E-state index in [2.05, 4.69) is 23.2 Å². The van der Waals surface area contributed by atoms with Crippen molar-refractivity contribution in [1.82, 2.24) is 0 Å². The summed E-state index contributed by atoms with van der Waals surface area (Å²) in [6.07, 6.45) is -11.2. The van der Waals surface area contributed by atoms with Gasteiger partial charge in [-0.05, 0) is 0 Å². The van der Waals surface area contributed by atoms with Gasteiger partial charge in [-0.3, -0.25) is 0 Å². The van der Waals surface area contributed by atoms with E-state index in [1.165, 1.54) is 0 Å². The Kier molecular flexibility index (Phi) is 3.31. The van der Waals surface area contributed by atoms with Crippen molar-refractivity contribution in [2.24, 2.45) is 0 Å². The highest BCUT2D eigenvalue weighted by Crippen LogP contribution is 2.42. The molecule has 0 spiro atoms. The lowest BCUT2D eigenvalue weighted by Crippen LogP contribution is -2.26. The van der Waals surface area contributed by atoms with Gasteiger partial charge in [-0.25, -0.2) is 0 Å². The van der Waals surface area contributed by atoms with E-state index in [4.69, 9.17) is 0 Å². The smallest absolute Gasteiger partial charge is 0.166 e. The maximum Gasteiger partial charge on any atom is 0.423 e. The minimum atomic E-state index is -5.59. The quantitative estimate of drug-likeness (QED) is 0.558. The van der Waals surface area contributed by atoms with Gasteiger partial charge in [0, 0.05) is 0 Å². The van der Waals surface area contributed by atoms with Crippen LogP contribution in [0.5, 0.6) is 0 Å². The van der Waals surface area contributed by atoms with Crippen molar-refractivity contribution in [2.45, 2.75) is 12.4 Å². The molecule has 0 aliphatic rings. The predicted molar refractivity (Wildman–Crippen MR) is 30.8 cm³/mol. The van der Waals surface area contributed by atoms with Crippen molar-refractivity contribution in [3.8, 4) is 0 Å². The first-order valence-electron chi connectivity index (χ1n) is 2.26. The Morgan fingerprint density at radius 3 is 1.00 bits per heavy atom. The summed E-state index contributed by atoms with van der Waals surface area (Å²) in [6.45, 7) is 0. The Morgan fingerprint density at radius 2 is 1.00 bits per heavy atom. The van der Waals surface area contributed by atoms with Crippen molar-refractivity contribution < 1.29 is 26.3 Å². The molecule has 0 nitrogen and oxygen atoms in total. The molecule has 0 fully saturated rings. The van der Waals surface area contributed by atoms with Crippen LogP contribution >= 0.6 is 23.2 Å². The van der Waals surface area contributed by atoms with Crippen LogP contribution in [0.2, 0.25) is 0 Å². The molecule has 0 rings (SSSR count). The summed E-state index contributed by atoms with van der Waals surface area (Å²) in [6, 6.07) is 0. The summed E-state index contributed by atoms with van der Waals surface area (Å²) in [5, 5.41) is 0. The Balaban J connectivity index is 5.13. The number of hydrogen-bond donors (Lipinski definition) is 0. The van der Waals surface area contributed by atoms with Crippen LogP contribution in [0.3, 0.4) is 0 Å². The van der Waals surface area contributed by atoms with Crippen molar-refractivity contribution in [2.75, 3.05) is 0 Å². The van der Waals surface area contributed by atoms with Gasteiger partial charge in [-0.15, -0.1) is 0 Å². The van der Waals surface area contributed by atoms with Crippen LogP contribution < -0.4 is 0 Å². The van der Waals surface area contributed by atoms with Crippen LogP contribution in [-0.2, 0) is 0 Å². The largest absolute Gasteiger partial charge is 0.423 e. The van der Waals surface area contributed by atoms with Gasteiger partial charge in [-0.1, -0.05) is 23.2 Å². The van der Waals surface area contributed by atoms with Crippen LogP contribution in [0.25, 0.3) is 0 Å². The average Bonchev–Trinajstić information content (AvgIpc) is 1.49. The molecule has 12 heavy (non-hydrogen) atoms. The third-order valence-electron chi connectivity index (χ3n) is 0.756. The Morgan fingerprint density at radius 1 is 0.750 bits per heavy atom. The van der Waals surface area contributed by atoms with Crippen LogP contribution in [0.4, 0.5) is 26.3 Å². The van der Waals surface area contributed by atoms with E-state index >= 15 is 0 Å². The van der Waals surface area contributed by atoms with Gasteiger partial charge in [0.25, 0.3) is 0 Å². The summed E-state index contributed by atoms with van der Waals surface area (Å²) in [4.78, 5) is 0. The highest BCUT2D eigenvalue weighted by molar-refractivity contribution is 6.56. The Hall–Kier alpha value is -0.100. The van der Waals surface area contributed by atoms with Gasteiger partial charge in [-0.2, -0.15) is 26.3 Å². The lowest BCUT2D eigenvalue weighted by Gasteiger charge is -2.14. The second-order valence-electron chi connectivity index (χ2n) is 1.63. The number of alkyl halides is 6. The minimum Gasteiger partial charge on any atom is -0.166 e. The van der Waals surface area contributed by atoms with E-state index < -0.39 is 22.4 Å². The number of hydrogen-bond acceptors (Lipinski definition) is 0. The summed E-state index contributed by atoms with van der Waals surface area (Å²) in [7, 11) is 0. The van der Waals surface area contributed by atoms with Crippen LogP contribution in [0, 0.1) is 0 Å². The van der Waals surface area contributed by atoms with Crippen molar-refractivity contribution in [3.63, 3.8) is 0 Å². The molecule has 0 bridgehead atoms. The number of rotatable bonds is 0. The van der Waals surface area contributed by atoms with Crippen molar-refractivity contribution in [3.05, 3.63) is 10.1 Å². The van der Waals surface area contributed by atoms with E-state index in [0.29, 0.717) is 0 Å². The Labute approximate surface area is 72.7 Å². The van der Waals surface area contributed by atoms with E-state index in [9.17, 15) is 26.3 Å². The summed E-state index contributed by atoms with van der Waals surface area (Å²) in [5.74, 6) is 0. The summed E-state index contributed by atoms with van der Waals surface area (Å²) in [5.41, 5.74) is -2.89. The fraction of sp³-hybridized carbons (Fsp3) is 0.500. The number of halogens is 8. The Bertz CT molecular complexity index is 179. The lowest BCUT2D eigenvalue weighted by atomic mass is 10.3. The SMILES string of the molecule is FC(F)(F)C(=C(Cl)Cl)C(F)(F)F. The molecule has 0 saturated heterocycles. The summed E-state index contributed by atoms with van der Waals surface area (Å²) >= 11 is 8.84. The average molecular weight is 233 g/mol. The molecule has 0 aromatic rings. The zero-order valence-electron chi connectivity index (χ0n) is 5.02. The maximum absolute atomic E-state index is 11.5. The predicted octanol–water partition coefficient (Wildman–Crippen LogP) is 3.80. The summed E-state index contributed by atoms with van der Waals surface area (Å²) < 4.78 is 67.3. The van der Waals surface area contributed by atoms with Crippen molar-refractivity contribution in [1.29, 1.82) is 0 Å². The molecular weight excluding hydrogens is 233 g/mol. The molecule has 0 unspecified atom stereocenters. The second kappa shape index (κ2) is 3.33. The molecule has 0 aromatic carbocycles. The van der Waals surface area contributed by atoms with Gasteiger partial charge in [0.05, 0.1) is 0 Å². The molecule has 0 atom stereocenters. The first-order valence-corrected chi connectivity index (χ1v) is 3.02. The zero-order chi connectivity index (χ0) is 10.2. The fourth-order valence-corrected chi connectivity index (χ4v) is 0.804. The first-order chi connectivity index (χ1) is 5.07. The van der Waals surface area contributed by atoms with Gasteiger partial charge < -0.3 is 0 Å². The first kappa shape index (κ1) is 11.9. The highest BCUT2D eigenvalue weighted by atomic mass is 35.5. The van der Waals surface area contributed by atoms with E-state index in [-0.39, 0.29) is 0 Å². The third-order valence-corrected chi connectivity index (χ3v) is 1.13. The molecule has 0 radical (unpaired) electrons. The molecule has 0 aromatic heterocycles. The van der Waals surface area contributed by atoms with E-state index in [1.807, 2.05) is 0 Å². The third kappa shape index (κ3) is 3.10. The molecular formula is C4Cl2F6. The lowest BCUT2D eigenvalue weighted by molar-refractivity contribution is -0.171. The molecule has 0 aliphatic carbocycles. The fourth-order valence-electron chi connectivity index (χ4n) is 0.375. The zero-order valence-corrected chi connectivity index (χ0v) is 6.54. The maximum atomic E-state index is 11.5. The van der Waals surface area contributed by atoms with E-state index in [0.717, 1.165) is 0 Å². The van der Waals surface area contributed by atoms with Gasteiger partial charge in [0.1, 0.15) is 4.49 Å². The van der Waals surface area contributed by atoms with Gasteiger partial charge >= 0.3 is 12.4 Å². The molecule has 0 heterocycles. The molecule has 8 heteroatoms. The monoisotopic (exact) mass is 232 g/mol. The van der Waals surface area contributed by atoms with Crippen LogP contribution in [0.1, 0.15) is 0 Å². The normalized spacial score (nSPS) is 13.0. The van der Waals surface area contributed by atoms with Gasteiger partial charge in [0.2, 0.25) is 0 Å².